The number of amides is 1. The van der Waals surface area contributed by atoms with Crippen LogP contribution in [0.25, 0.3) is 4.96 Å². The first kappa shape index (κ1) is 18.7. The van der Waals surface area contributed by atoms with Gasteiger partial charge in [0.25, 0.3) is 5.91 Å². The summed E-state index contributed by atoms with van der Waals surface area (Å²) in [5, 5.41) is 4.67. The van der Waals surface area contributed by atoms with E-state index < -0.39 is 15.9 Å². The minimum absolute atomic E-state index is 0.0287. The number of nitrogens with zero attached hydrogens (tertiary/aromatic N) is 2. The molecule has 2 heterocycles. The molecule has 2 N–H and O–H groups in total. The van der Waals surface area contributed by atoms with Crippen molar-refractivity contribution in [1.29, 1.82) is 0 Å². The van der Waals surface area contributed by atoms with Crippen molar-refractivity contribution in [2.75, 3.05) is 0 Å². The van der Waals surface area contributed by atoms with Crippen LogP contribution < -0.4 is 10.0 Å². The summed E-state index contributed by atoms with van der Waals surface area (Å²) in [5.41, 5.74) is 0.724. The Morgan fingerprint density at radius 3 is 2.78 bits per heavy atom. The molecule has 7 nitrogen and oxygen atoms in total. The van der Waals surface area contributed by atoms with Crippen molar-refractivity contribution in [2.45, 2.75) is 30.3 Å². The van der Waals surface area contributed by atoms with Crippen LogP contribution in [0.4, 0.5) is 0 Å². The van der Waals surface area contributed by atoms with Crippen molar-refractivity contribution in [3.8, 4) is 0 Å². The second-order valence-electron chi connectivity index (χ2n) is 6.17. The lowest BCUT2D eigenvalue weighted by molar-refractivity contribution is 0.0950. The van der Waals surface area contributed by atoms with Gasteiger partial charge in [-0.1, -0.05) is 23.2 Å². The van der Waals surface area contributed by atoms with E-state index in [-0.39, 0.29) is 33.1 Å². The number of benzene rings is 1. The predicted octanol–water partition coefficient (Wildman–Crippen LogP) is 3.07. The molecule has 1 amide bonds. The van der Waals surface area contributed by atoms with E-state index in [9.17, 15) is 13.2 Å². The maximum absolute atomic E-state index is 12.5. The molecular formula is C16H14Cl2N4O3S2. The first-order valence-electron chi connectivity index (χ1n) is 8.04. The zero-order valence-corrected chi connectivity index (χ0v) is 16.9. The van der Waals surface area contributed by atoms with Crippen molar-refractivity contribution in [3.63, 3.8) is 0 Å². The normalized spacial score (nSPS) is 14.6. The summed E-state index contributed by atoms with van der Waals surface area (Å²) in [4.78, 5) is 17.6. The topological polar surface area (TPSA) is 92.6 Å². The highest BCUT2D eigenvalue weighted by Gasteiger charge is 2.30. The SMILES string of the molecule is O=C(NCc1cn2ccsc2n1)c1cc(S(=O)(=O)NC2CC2)c(Cl)cc1Cl. The number of fused-ring (bicyclic) bond motifs is 1. The number of thiazole rings is 1. The van der Waals surface area contributed by atoms with Crippen LogP contribution >= 0.6 is 34.5 Å². The molecule has 0 spiro atoms. The lowest BCUT2D eigenvalue weighted by Crippen LogP contribution is -2.27. The average molecular weight is 445 g/mol. The van der Waals surface area contributed by atoms with Crippen molar-refractivity contribution in [1.82, 2.24) is 19.4 Å². The average Bonchev–Trinajstić information content (AvgIpc) is 3.14. The summed E-state index contributed by atoms with van der Waals surface area (Å²) in [6.45, 7) is 0.189. The zero-order chi connectivity index (χ0) is 19.2. The lowest BCUT2D eigenvalue weighted by atomic mass is 10.2. The largest absolute Gasteiger partial charge is 0.346 e. The summed E-state index contributed by atoms with van der Waals surface area (Å²) >= 11 is 13.7. The maximum Gasteiger partial charge on any atom is 0.253 e. The van der Waals surface area contributed by atoms with Gasteiger partial charge in [-0.2, -0.15) is 0 Å². The molecule has 27 heavy (non-hydrogen) atoms. The lowest BCUT2D eigenvalue weighted by Gasteiger charge is -2.11. The summed E-state index contributed by atoms with van der Waals surface area (Å²) in [5.74, 6) is -0.504. The molecule has 0 radical (unpaired) electrons. The van der Waals surface area contributed by atoms with E-state index in [2.05, 4.69) is 15.0 Å². The van der Waals surface area contributed by atoms with Gasteiger partial charge in [-0.05, 0) is 25.0 Å². The Balaban J connectivity index is 1.55. The third kappa shape index (κ3) is 3.97. The minimum atomic E-state index is -3.81. The van der Waals surface area contributed by atoms with E-state index in [0.29, 0.717) is 5.69 Å². The minimum Gasteiger partial charge on any atom is -0.346 e. The molecule has 2 aromatic heterocycles. The van der Waals surface area contributed by atoms with E-state index >= 15 is 0 Å². The highest BCUT2D eigenvalue weighted by molar-refractivity contribution is 7.89. The zero-order valence-electron chi connectivity index (χ0n) is 13.8. The second kappa shape index (κ2) is 7.06. The molecule has 11 heteroatoms. The number of hydrogen-bond acceptors (Lipinski definition) is 5. The van der Waals surface area contributed by atoms with E-state index in [1.54, 1.807) is 0 Å². The molecule has 3 aromatic rings. The van der Waals surface area contributed by atoms with Gasteiger partial charge in [0, 0.05) is 23.8 Å². The first-order valence-corrected chi connectivity index (χ1v) is 11.2. The summed E-state index contributed by atoms with van der Waals surface area (Å²) in [7, 11) is -3.81. The van der Waals surface area contributed by atoms with Crippen LogP contribution in [0.2, 0.25) is 10.0 Å². The Morgan fingerprint density at radius 1 is 1.30 bits per heavy atom. The smallest absolute Gasteiger partial charge is 0.253 e. The highest BCUT2D eigenvalue weighted by atomic mass is 35.5. The van der Waals surface area contributed by atoms with Crippen LogP contribution in [0.15, 0.2) is 34.8 Å². The number of rotatable bonds is 6. The second-order valence-corrected chi connectivity index (χ2v) is 9.54. The van der Waals surface area contributed by atoms with Crippen molar-refractivity contribution < 1.29 is 13.2 Å². The summed E-state index contributed by atoms with van der Waals surface area (Å²) in [6.07, 6.45) is 5.27. The van der Waals surface area contributed by atoms with Crippen molar-refractivity contribution >= 4 is 55.4 Å². The van der Waals surface area contributed by atoms with Crippen LogP contribution in [0.1, 0.15) is 28.9 Å². The molecule has 0 unspecified atom stereocenters. The fourth-order valence-electron chi connectivity index (χ4n) is 2.52. The van der Waals surface area contributed by atoms with Gasteiger partial charge in [-0.3, -0.25) is 9.20 Å². The Morgan fingerprint density at radius 2 is 2.07 bits per heavy atom. The number of carbonyl (C=O) groups excluding carboxylic acids is 1. The van der Waals surface area contributed by atoms with Crippen LogP contribution in [-0.2, 0) is 16.6 Å². The Hall–Kier alpha value is -1.65. The number of nitrogens with one attached hydrogen (secondary N) is 2. The van der Waals surface area contributed by atoms with Crippen LogP contribution in [-0.4, -0.2) is 29.8 Å². The molecular weight excluding hydrogens is 431 g/mol. The van der Waals surface area contributed by atoms with Gasteiger partial charge in [0.15, 0.2) is 4.96 Å². The number of aromatic nitrogens is 2. The van der Waals surface area contributed by atoms with Gasteiger partial charge in [-0.15, -0.1) is 11.3 Å². The fourth-order valence-corrected chi connectivity index (χ4v) is 5.40. The fraction of sp³-hybridized carbons (Fsp3) is 0.250. The summed E-state index contributed by atoms with van der Waals surface area (Å²) in [6, 6.07) is 2.40. The monoisotopic (exact) mass is 444 g/mol. The number of halogens is 2. The molecule has 0 saturated heterocycles. The Bertz CT molecular complexity index is 1110. The molecule has 142 valence electrons. The van der Waals surface area contributed by atoms with Gasteiger partial charge in [-0.25, -0.2) is 18.1 Å². The van der Waals surface area contributed by atoms with E-state index in [0.717, 1.165) is 17.8 Å². The van der Waals surface area contributed by atoms with Crippen molar-refractivity contribution in [3.05, 3.63) is 51.2 Å². The van der Waals surface area contributed by atoms with Gasteiger partial charge < -0.3 is 5.32 Å². The van der Waals surface area contributed by atoms with Crippen LogP contribution in [0, 0.1) is 0 Å². The highest BCUT2D eigenvalue weighted by Crippen LogP contribution is 2.30. The van der Waals surface area contributed by atoms with Crippen molar-refractivity contribution in [2.24, 2.45) is 0 Å². The number of carbonyl (C=O) groups is 1. The Kier molecular flexibility index (Phi) is 4.89. The van der Waals surface area contributed by atoms with E-state index in [1.165, 1.54) is 23.5 Å². The summed E-state index contributed by atoms with van der Waals surface area (Å²) < 4.78 is 29.3. The molecule has 0 bridgehead atoms. The van der Waals surface area contributed by atoms with Gasteiger partial charge in [0.1, 0.15) is 4.90 Å². The Labute approximate surface area is 169 Å². The molecule has 4 rings (SSSR count). The van der Waals surface area contributed by atoms with Crippen LogP contribution in [0.5, 0.6) is 0 Å². The van der Waals surface area contributed by atoms with E-state index in [1.807, 2.05) is 22.2 Å². The standard InChI is InChI=1S/C16H14Cl2N4O3S2/c17-12-6-13(18)14(27(24,25)21-9-1-2-9)5-11(12)15(23)19-7-10-8-22-3-4-26-16(22)20-10/h3-6,8-9,21H,1-2,7H2,(H,19,23). The molecule has 1 saturated carbocycles. The number of hydrogen-bond donors (Lipinski definition) is 2. The van der Waals surface area contributed by atoms with Gasteiger partial charge in [0.2, 0.25) is 10.0 Å². The molecule has 0 atom stereocenters. The maximum atomic E-state index is 12.5. The number of imidazole rings is 1. The first-order chi connectivity index (χ1) is 12.8. The van der Waals surface area contributed by atoms with Crippen LogP contribution in [0.3, 0.4) is 0 Å². The van der Waals surface area contributed by atoms with Gasteiger partial charge in [0.05, 0.1) is 27.8 Å². The molecule has 0 aliphatic heterocycles. The molecule has 1 aromatic carbocycles. The molecule has 1 aliphatic carbocycles. The van der Waals surface area contributed by atoms with Gasteiger partial charge >= 0.3 is 0 Å². The number of sulfonamides is 1. The third-order valence-electron chi connectivity index (χ3n) is 4.03. The quantitative estimate of drug-likeness (QED) is 0.610. The predicted molar refractivity (Wildman–Crippen MR) is 104 cm³/mol. The molecule has 1 fully saturated rings. The third-order valence-corrected chi connectivity index (χ3v) is 7.10. The van der Waals surface area contributed by atoms with E-state index in [4.69, 9.17) is 23.2 Å². The molecule has 1 aliphatic rings.